The molecule has 12 nitrogen and oxygen atoms in total. The first-order valence-corrected chi connectivity index (χ1v) is 13.7. The number of methoxy groups -OCH3 is 1. The highest BCUT2D eigenvalue weighted by Gasteiger charge is 2.25. The number of benzene rings is 1. The number of nitrogens with zero attached hydrogens (tertiary/aromatic N) is 5. The Bertz CT molecular complexity index is 1390. The number of nitrogen functional groups attached to an aromatic ring is 1. The van der Waals surface area contributed by atoms with Crippen molar-refractivity contribution in [2.45, 2.75) is 45.2 Å². The molecule has 0 radical (unpaired) electrons. The second-order valence-electron chi connectivity index (χ2n) is 10.2. The van der Waals surface area contributed by atoms with Gasteiger partial charge in [-0.25, -0.2) is 0 Å². The Morgan fingerprint density at radius 2 is 2.00 bits per heavy atom. The number of H-pyrrole nitrogens is 1. The highest BCUT2D eigenvalue weighted by atomic mass is 16.5. The van der Waals surface area contributed by atoms with Gasteiger partial charge in [0.1, 0.15) is 11.3 Å². The van der Waals surface area contributed by atoms with Gasteiger partial charge in [0.15, 0.2) is 11.3 Å². The normalized spacial score (nSPS) is 17.4. The van der Waals surface area contributed by atoms with Gasteiger partial charge in [-0.1, -0.05) is 25.5 Å². The van der Waals surface area contributed by atoms with E-state index in [0.717, 1.165) is 61.5 Å². The average molecular weight is 549 g/mol. The molecule has 2 aliphatic rings. The number of rotatable bonds is 13. The Labute approximate surface area is 232 Å². The van der Waals surface area contributed by atoms with Crippen LogP contribution >= 0.6 is 0 Å². The summed E-state index contributed by atoms with van der Waals surface area (Å²) in [6.07, 6.45) is 6.12. The lowest BCUT2D eigenvalue weighted by Crippen LogP contribution is -2.40. The van der Waals surface area contributed by atoms with Crippen molar-refractivity contribution in [2.24, 2.45) is 0 Å². The van der Waals surface area contributed by atoms with Gasteiger partial charge in [0, 0.05) is 62.9 Å². The summed E-state index contributed by atoms with van der Waals surface area (Å²) in [6, 6.07) is 6.86. The predicted octanol–water partition coefficient (Wildman–Crippen LogP) is 1.80. The van der Waals surface area contributed by atoms with Crippen LogP contribution in [0.4, 0.5) is 5.82 Å². The van der Waals surface area contributed by atoms with E-state index in [1.807, 2.05) is 0 Å². The first-order chi connectivity index (χ1) is 19.4. The summed E-state index contributed by atoms with van der Waals surface area (Å²) in [5.74, 6) is 0.604. The van der Waals surface area contributed by atoms with E-state index >= 15 is 0 Å². The minimum Gasteiger partial charge on any atom is -0.496 e. The largest absolute Gasteiger partial charge is 0.496 e. The van der Waals surface area contributed by atoms with E-state index in [-0.39, 0.29) is 23.6 Å². The lowest BCUT2D eigenvalue weighted by atomic mass is 10.0. The van der Waals surface area contributed by atoms with Crippen LogP contribution in [0.2, 0.25) is 0 Å². The number of likely N-dealkylation sites (tertiary alicyclic amines) is 1. The molecule has 1 unspecified atom stereocenters. The first-order valence-electron chi connectivity index (χ1n) is 13.7. The van der Waals surface area contributed by atoms with Crippen LogP contribution < -0.4 is 20.5 Å². The number of amides is 2. The summed E-state index contributed by atoms with van der Waals surface area (Å²) in [6.45, 7) is 6.28. The third kappa shape index (κ3) is 6.23. The van der Waals surface area contributed by atoms with E-state index in [1.165, 1.54) is 17.1 Å². The maximum absolute atomic E-state index is 11.7. The van der Waals surface area contributed by atoms with Crippen LogP contribution in [0.3, 0.4) is 0 Å². The van der Waals surface area contributed by atoms with Crippen molar-refractivity contribution in [3.8, 4) is 11.8 Å². The zero-order valence-corrected chi connectivity index (χ0v) is 23.0. The molecule has 1 saturated heterocycles. The van der Waals surface area contributed by atoms with Gasteiger partial charge in [0.25, 0.3) is 11.8 Å². The van der Waals surface area contributed by atoms with Crippen molar-refractivity contribution in [1.29, 1.82) is 0 Å². The molecular weight excluding hydrogens is 512 g/mol. The molecule has 1 atom stereocenters. The summed E-state index contributed by atoms with van der Waals surface area (Å²) in [5.41, 5.74) is 10.3. The number of nitrogens with two attached hydrogens (primary N) is 1. The number of ether oxygens (including phenoxy) is 2. The molecule has 4 heterocycles. The van der Waals surface area contributed by atoms with Crippen LogP contribution in [-0.4, -0.2) is 87.7 Å². The van der Waals surface area contributed by atoms with Crippen LogP contribution in [0.1, 0.15) is 43.0 Å². The number of aromatic amines is 1. The third-order valence-corrected chi connectivity index (χ3v) is 7.27. The van der Waals surface area contributed by atoms with Crippen LogP contribution in [0, 0.1) is 0 Å². The van der Waals surface area contributed by atoms with Gasteiger partial charge in [0.2, 0.25) is 0 Å². The van der Waals surface area contributed by atoms with E-state index in [4.69, 9.17) is 15.2 Å². The van der Waals surface area contributed by atoms with Gasteiger partial charge in [-0.3, -0.25) is 24.5 Å². The maximum Gasteiger partial charge on any atom is 0.319 e. The average Bonchev–Trinajstić information content (AvgIpc) is 3.65. The number of hydrogen-bond acceptors (Lipinski definition) is 10. The quantitative estimate of drug-likeness (QED) is 0.213. The summed E-state index contributed by atoms with van der Waals surface area (Å²) in [5, 5.41) is 10.9. The topological polar surface area (TPSA) is 152 Å². The zero-order chi connectivity index (χ0) is 28.1. The highest BCUT2D eigenvalue weighted by Crippen LogP contribution is 2.28. The number of carbonyl (C=O) groups is 2. The molecule has 0 spiro atoms. The molecule has 2 aliphatic heterocycles. The molecule has 212 valence electrons. The highest BCUT2D eigenvalue weighted by molar-refractivity contribution is 6.12. The second-order valence-corrected chi connectivity index (χ2v) is 10.2. The summed E-state index contributed by atoms with van der Waals surface area (Å²) in [4.78, 5) is 35.9. The minimum atomic E-state index is -0.239. The number of aromatic nitrogens is 4. The van der Waals surface area contributed by atoms with Crippen LogP contribution in [0.5, 0.6) is 11.8 Å². The fourth-order valence-corrected chi connectivity index (χ4v) is 5.10. The van der Waals surface area contributed by atoms with Crippen molar-refractivity contribution >= 4 is 28.7 Å². The van der Waals surface area contributed by atoms with E-state index in [2.05, 4.69) is 55.5 Å². The summed E-state index contributed by atoms with van der Waals surface area (Å²) >= 11 is 0. The molecule has 0 saturated carbocycles. The SMILES string of the molecule is CCCCOc1nc(N)c2n[nH]c(Cc3ccc(CN4CCC(NCCN5C(=O)C=CC5=O)C4)cc3OC)c2n1. The standard InChI is InChI=1S/C28H36N8O4/c1-3-4-13-40-28-31-25-21(33-34-26(25)27(29)32-28)15-19-6-5-18(14-22(19)39-2)16-35-11-9-20(17-35)30-10-12-36-23(37)7-8-24(36)38/h5-8,14,20,30H,3-4,9-13,15-17H2,1-2H3,(H,33,34)(H2,29,31,32). The van der Waals surface area contributed by atoms with E-state index < -0.39 is 0 Å². The number of anilines is 1. The lowest BCUT2D eigenvalue weighted by Gasteiger charge is -2.19. The van der Waals surface area contributed by atoms with Crippen LogP contribution in [0.15, 0.2) is 30.4 Å². The first kappa shape index (κ1) is 27.5. The third-order valence-electron chi connectivity index (χ3n) is 7.27. The van der Waals surface area contributed by atoms with Crippen molar-refractivity contribution in [2.75, 3.05) is 45.6 Å². The van der Waals surface area contributed by atoms with Crippen molar-refractivity contribution in [3.05, 3.63) is 47.2 Å². The monoisotopic (exact) mass is 548 g/mol. The van der Waals surface area contributed by atoms with Crippen molar-refractivity contribution in [1.82, 2.24) is 35.3 Å². The molecule has 2 amide bonds. The number of nitrogens with one attached hydrogen (secondary N) is 2. The molecule has 0 bridgehead atoms. The molecular formula is C28H36N8O4. The van der Waals surface area contributed by atoms with Crippen molar-refractivity contribution in [3.63, 3.8) is 0 Å². The number of fused-ring (bicyclic) bond motifs is 1. The van der Waals surface area contributed by atoms with Gasteiger partial charge in [0.05, 0.1) is 19.4 Å². The molecule has 4 N–H and O–H groups in total. The van der Waals surface area contributed by atoms with Gasteiger partial charge in [-0.15, -0.1) is 0 Å². The fraction of sp³-hybridized carbons (Fsp3) is 0.464. The molecule has 12 heteroatoms. The maximum atomic E-state index is 11.7. The Morgan fingerprint density at radius 1 is 1.18 bits per heavy atom. The lowest BCUT2D eigenvalue weighted by molar-refractivity contribution is -0.136. The van der Waals surface area contributed by atoms with Gasteiger partial charge in [-0.05, 0) is 24.5 Å². The smallest absolute Gasteiger partial charge is 0.319 e. The predicted molar refractivity (Wildman–Crippen MR) is 150 cm³/mol. The molecule has 40 heavy (non-hydrogen) atoms. The van der Waals surface area contributed by atoms with Gasteiger partial charge in [-0.2, -0.15) is 15.1 Å². The minimum absolute atomic E-state index is 0.239. The van der Waals surface area contributed by atoms with Gasteiger partial charge < -0.3 is 20.5 Å². The summed E-state index contributed by atoms with van der Waals surface area (Å²) in [7, 11) is 1.68. The summed E-state index contributed by atoms with van der Waals surface area (Å²) < 4.78 is 11.4. The second kappa shape index (κ2) is 12.4. The number of hydrogen-bond donors (Lipinski definition) is 3. The van der Waals surface area contributed by atoms with Crippen LogP contribution in [0.25, 0.3) is 11.0 Å². The number of unbranched alkanes of at least 4 members (excludes halogenated alkanes) is 1. The Kier molecular flexibility index (Phi) is 8.56. The fourth-order valence-electron chi connectivity index (χ4n) is 5.10. The van der Waals surface area contributed by atoms with Gasteiger partial charge >= 0.3 is 6.01 Å². The Hall–Kier alpha value is -4.03. The van der Waals surface area contributed by atoms with E-state index in [1.54, 1.807) is 7.11 Å². The number of carbonyl (C=O) groups excluding carboxylic acids is 2. The molecule has 2 aromatic heterocycles. The molecule has 5 rings (SSSR count). The molecule has 1 aromatic carbocycles. The van der Waals surface area contributed by atoms with Crippen molar-refractivity contribution < 1.29 is 19.1 Å². The number of imide groups is 1. The molecule has 0 aliphatic carbocycles. The van der Waals surface area contributed by atoms with E-state index in [9.17, 15) is 9.59 Å². The van der Waals surface area contributed by atoms with E-state index in [0.29, 0.717) is 43.2 Å². The molecule has 3 aromatic rings. The zero-order valence-electron chi connectivity index (χ0n) is 23.0. The Balaban J connectivity index is 1.18. The Morgan fingerprint density at radius 3 is 2.77 bits per heavy atom. The van der Waals surface area contributed by atoms with Crippen LogP contribution in [-0.2, 0) is 22.6 Å². The molecule has 1 fully saturated rings.